The zero-order valence-electron chi connectivity index (χ0n) is 22.0. The predicted octanol–water partition coefficient (Wildman–Crippen LogP) is 7.99. The van der Waals surface area contributed by atoms with Crippen LogP contribution in [0.4, 0.5) is 0 Å². The van der Waals surface area contributed by atoms with Gasteiger partial charge in [-0.05, 0) is 49.4 Å². The third-order valence-corrected chi connectivity index (χ3v) is 7.05. The molecule has 1 radical (unpaired) electrons. The third kappa shape index (κ3) is 4.45. The van der Waals surface area contributed by atoms with Gasteiger partial charge in [0, 0.05) is 49.5 Å². The first kappa shape index (κ1) is 25.9. The number of fused-ring (bicyclic) bond motifs is 3. The van der Waals surface area contributed by atoms with Crippen molar-refractivity contribution in [1.29, 1.82) is 0 Å². The van der Waals surface area contributed by atoms with Crippen LogP contribution >= 0.6 is 0 Å². The zero-order valence-corrected chi connectivity index (χ0v) is 24.4. The van der Waals surface area contributed by atoms with Gasteiger partial charge in [0.2, 0.25) is 5.71 Å². The van der Waals surface area contributed by atoms with Gasteiger partial charge in [0.15, 0.2) is 0 Å². The van der Waals surface area contributed by atoms with Gasteiger partial charge < -0.3 is 14.0 Å². The van der Waals surface area contributed by atoms with E-state index in [1.807, 2.05) is 67.6 Å². The first-order valence-electron chi connectivity index (χ1n) is 12.9. The van der Waals surface area contributed by atoms with Gasteiger partial charge in [-0.2, -0.15) is 0 Å². The Balaban J connectivity index is 0.000000141. The Morgan fingerprint density at radius 3 is 2.58 bits per heavy atom. The molecule has 1 aliphatic heterocycles. The van der Waals surface area contributed by atoms with E-state index in [1.54, 1.807) is 6.20 Å². The van der Waals surface area contributed by atoms with Gasteiger partial charge >= 0.3 is 0 Å². The molecule has 8 rings (SSSR count). The number of benzene rings is 3. The minimum Gasteiger partial charge on any atom is -0.486 e. The molecule has 6 heteroatoms. The predicted molar refractivity (Wildman–Crippen MR) is 156 cm³/mol. The molecule has 0 bridgehead atoms. The van der Waals surface area contributed by atoms with Crippen LogP contribution in [0.15, 0.2) is 95.6 Å². The molecule has 4 aromatic heterocycles. The van der Waals surface area contributed by atoms with E-state index in [0.717, 1.165) is 56.8 Å². The summed E-state index contributed by atoms with van der Waals surface area (Å²) in [5, 5.41) is 2.07. The Morgan fingerprint density at radius 1 is 0.850 bits per heavy atom. The molecule has 0 N–H and O–H groups in total. The molecule has 0 saturated heterocycles. The molecule has 0 saturated carbocycles. The number of hydrogen-bond donors (Lipinski definition) is 0. The summed E-state index contributed by atoms with van der Waals surface area (Å²) in [6.45, 7) is 4.99. The first-order chi connectivity index (χ1) is 19.2. The Bertz CT molecular complexity index is 2010. The Morgan fingerprint density at radius 2 is 1.75 bits per heavy atom. The quantitative estimate of drug-likeness (QED) is 0.172. The van der Waals surface area contributed by atoms with Crippen LogP contribution in [0.25, 0.3) is 61.8 Å². The van der Waals surface area contributed by atoms with Gasteiger partial charge in [-0.3, -0.25) is 4.98 Å². The fourth-order valence-corrected chi connectivity index (χ4v) is 5.17. The number of hydrogen-bond acceptors (Lipinski definition) is 4. The van der Waals surface area contributed by atoms with Crippen molar-refractivity contribution in [3.05, 3.63) is 120 Å². The molecule has 3 aromatic carbocycles. The number of aryl methyl sites for hydroxylation is 2. The van der Waals surface area contributed by atoms with Crippen molar-refractivity contribution in [2.24, 2.45) is 0 Å². The Kier molecular flexibility index (Phi) is 6.89. The Labute approximate surface area is 245 Å². The monoisotopic (exact) mass is 697 g/mol. The smallest absolute Gasteiger partial charge is 0.216 e. The molecule has 0 spiro atoms. The molecule has 0 fully saturated rings. The molecule has 7 aromatic rings. The maximum absolute atomic E-state index is 5.94. The number of nitrogens with zero attached hydrogens (tertiary/aromatic N) is 4. The van der Waals surface area contributed by atoms with E-state index in [9.17, 15) is 0 Å². The largest absolute Gasteiger partial charge is 0.486 e. The van der Waals surface area contributed by atoms with Crippen molar-refractivity contribution in [1.82, 2.24) is 19.5 Å². The number of aromatic nitrogens is 4. The molecule has 1 aliphatic rings. The first-order valence-corrected chi connectivity index (χ1v) is 12.9. The van der Waals surface area contributed by atoms with Gasteiger partial charge in [0.05, 0.1) is 22.4 Å². The molecular weight excluding hydrogens is 673 g/mol. The van der Waals surface area contributed by atoms with Crippen LogP contribution in [0.3, 0.4) is 0 Å². The molecular formula is C34H24IrN4O-2. The second-order valence-corrected chi connectivity index (χ2v) is 9.61. The average molecular weight is 697 g/mol. The van der Waals surface area contributed by atoms with Crippen molar-refractivity contribution in [3.63, 3.8) is 0 Å². The van der Waals surface area contributed by atoms with Gasteiger partial charge in [0.1, 0.15) is 0 Å². The Hall–Kier alpha value is -4.38. The normalized spacial score (nSPS) is 11.8. The third-order valence-electron chi connectivity index (χ3n) is 7.05. The van der Waals surface area contributed by atoms with Crippen LogP contribution in [0.2, 0.25) is 0 Å². The zero-order chi connectivity index (χ0) is 26.3. The van der Waals surface area contributed by atoms with Crippen LogP contribution in [0.5, 0.6) is 0 Å². The maximum atomic E-state index is 5.94. The van der Waals surface area contributed by atoms with E-state index in [1.165, 1.54) is 16.6 Å². The van der Waals surface area contributed by atoms with E-state index in [4.69, 9.17) is 9.40 Å². The van der Waals surface area contributed by atoms with E-state index < -0.39 is 0 Å². The van der Waals surface area contributed by atoms with Crippen LogP contribution in [-0.4, -0.2) is 19.5 Å². The number of pyridine rings is 2. The van der Waals surface area contributed by atoms with Crippen LogP contribution in [0, 0.1) is 26.0 Å². The minimum atomic E-state index is 0. The molecule has 0 aliphatic carbocycles. The van der Waals surface area contributed by atoms with Gasteiger partial charge in [-0.1, -0.05) is 41.3 Å². The van der Waals surface area contributed by atoms with E-state index in [2.05, 4.69) is 63.9 Å². The van der Waals surface area contributed by atoms with Gasteiger partial charge in [-0.25, -0.2) is 4.98 Å². The summed E-state index contributed by atoms with van der Waals surface area (Å²) in [7, 11) is 0. The summed E-state index contributed by atoms with van der Waals surface area (Å²) in [6.07, 6.45) is 6.17. The van der Waals surface area contributed by atoms with E-state index >= 15 is 0 Å². The van der Waals surface area contributed by atoms with Crippen molar-refractivity contribution in [2.75, 3.05) is 0 Å². The summed E-state index contributed by atoms with van der Waals surface area (Å²) < 4.78 is 8.22. The minimum absolute atomic E-state index is 0. The molecule has 0 amide bonds. The maximum Gasteiger partial charge on any atom is 0.216 e. The number of rotatable bonds is 2. The summed E-state index contributed by atoms with van der Waals surface area (Å²) >= 11 is 0. The molecule has 5 nitrogen and oxygen atoms in total. The summed E-state index contributed by atoms with van der Waals surface area (Å²) in [5.41, 5.74) is 10.1. The molecule has 197 valence electrons. The SMILES string of the molecule is Cc1ccc2c(n1)oc1c(-c3ccccn3)[c-]ccc12.Cc1ccc2nc(-c3[c-]cccc3)n3c2c1C=CC3.[Ir]. The molecule has 5 heterocycles. The van der Waals surface area contributed by atoms with Crippen molar-refractivity contribution in [3.8, 4) is 22.6 Å². The fourth-order valence-electron chi connectivity index (χ4n) is 5.17. The molecule has 0 unspecified atom stereocenters. The summed E-state index contributed by atoms with van der Waals surface area (Å²) in [6, 6.07) is 32.5. The van der Waals surface area contributed by atoms with Crippen molar-refractivity contribution >= 4 is 39.2 Å². The van der Waals surface area contributed by atoms with E-state index in [0.29, 0.717) is 5.71 Å². The van der Waals surface area contributed by atoms with Crippen LogP contribution in [-0.2, 0) is 26.7 Å². The standard InChI is InChI=1S/C17H11N2O.C17H13N2.Ir/c1-11-8-9-13-12-5-4-6-14(15-7-2-3-10-18-15)16(12)20-17(13)19-11;1-12-9-10-15-16-14(12)8-5-11-19(16)17(18-15)13-6-3-2-4-7-13;/h2-5,7-10H,1H3;2-6,8-10H,11H2,1H3;/q2*-1;. The summed E-state index contributed by atoms with van der Waals surface area (Å²) in [4.78, 5) is 13.6. The average Bonchev–Trinajstić information content (AvgIpc) is 3.55. The topological polar surface area (TPSA) is 56.7 Å². The van der Waals surface area contributed by atoms with Crippen LogP contribution < -0.4 is 0 Å². The summed E-state index contributed by atoms with van der Waals surface area (Å²) in [5.74, 6) is 1.01. The van der Waals surface area contributed by atoms with E-state index in [-0.39, 0.29) is 20.1 Å². The van der Waals surface area contributed by atoms with Crippen LogP contribution in [0.1, 0.15) is 16.8 Å². The van der Waals surface area contributed by atoms with Crippen molar-refractivity contribution in [2.45, 2.75) is 20.4 Å². The molecule has 40 heavy (non-hydrogen) atoms. The number of furan rings is 1. The van der Waals surface area contributed by atoms with Crippen molar-refractivity contribution < 1.29 is 24.5 Å². The second-order valence-electron chi connectivity index (χ2n) is 9.61. The number of imidazole rings is 1. The second kappa shape index (κ2) is 10.6. The fraction of sp³-hybridized carbons (Fsp3) is 0.0882. The molecule has 0 atom stereocenters. The number of allylic oxidation sites excluding steroid dienone is 1. The van der Waals surface area contributed by atoms with Gasteiger partial charge in [0.25, 0.3) is 0 Å². The van der Waals surface area contributed by atoms with Gasteiger partial charge in [-0.15, -0.1) is 54.1 Å².